The van der Waals surface area contributed by atoms with Gasteiger partial charge >= 0.3 is 0 Å². The smallest absolute Gasteiger partial charge is 0.246 e. The second-order valence-corrected chi connectivity index (χ2v) is 7.48. The van der Waals surface area contributed by atoms with Crippen molar-refractivity contribution in [2.24, 2.45) is 0 Å². The fraction of sp³-hybridized carbons (Fsp3) is 0.286. The largest absolute Gasteiger partial charge is 0.369 e. The maximum atomic E-state index is 12.3. The second kappa shape index (κ2) is 6.76. The minimum atomic E-state index is -0.117. The lowest BCUT2D eigenvalue weighted by Crippen LogP contribution is -2.42. The zero-order valence-corrected chi connectivity index (χ0v) is 15.4. The van der Waals surface area contributed by atoms with Crippen LogP contribution in [0.2, 0.25) is 0 Å². The first-order valence-electron chi connectivity index (χ1n) is 9.56. The molecular weight excluding hydrogens is 352 g/mol. The molecule has 0 bridgehead atoms. The predicted octanol–water partition coefficient (Wildman–Crippen LogP) is 2.14. The quantitative estimate of drug-likeness (QED) is 0.637. The standard InChI is InChI=1S/C21H22N6O/c28-19(23-15-6-2-1-3-7-15)14-27-13-16(25-26-27)12-21-10-11-22-20(21)24-18-9-5-4-8-17(18)21/h1-9,13,20,22,24H,10-12,14H2,(H,23,28)/t20-,21-/m1/s1. The Balaban J connectivity index is 1.31. The number of carbonyl (C=O) groups is 1. The summed E-state index contributed by atoms with van der Waals surface area (Å²) in [5, 5.41) is 18.5. The third kappa shape index (κ3) is 2.93. The molecule has 0 radical (unpaired) electrons. The zero-order chi connectivity index (χ0) is 19.0. The van der Waals surface area contributed by atoms with Gasteiger partial charge in [-0.05, 0) is 36.7 Å². The Kier molecular flexibility index (Phi) is 4.09. The summed E-state index contributed by atoms with van der Waals surface area (Å²) in [4.78, 5) is 12.3. The lowest BCUT2D eigenvalue weighted by molar-refractivity contribution is -0.116. The fourth-order valence-electron chi connectivity index (χ4n) is 4.43. The number of rotatable bonds is 5. The molecule has 1 saturated heterocycles. The van der Waals surface area contributed by atoms with Crippen molar-refractivity contribution in [3.8, 4) is 0 Å². The van der Waals surface area contributed by atoms with Crippen LogP contribution in [0.1, 0.15) is 17.7 Å². The van der Waals surface area contributed by atoms with Crippen molar-refractivity contribution in [3.63, 3.8) is 0 Å². The molecule has 2 atom stereocenters. The van der Waals surface area contributed by atoms with Gasteiger partial charge in [0, 0.05) is 29.4 Å². The molecule has 0 saturated carbocycles. The van der Waals surface area contributed by atoms with Gasteiger partial charge in [-0.2, -0.15) is 0 Å². The van der Waals surface area contributed by atoms with Crippen molar-refractivity contribution in [2.45, 2.75) is 31.0 Å². The third-order valence-electron chi connectivity index (χ3n) is 5.68. The molecule has 2 aliphatic heterocycles. The van der Waals surface area contributed by atoms with E-state index in [1.54, 1.807) is 4.68 Å². The number of hydrogen-bond donors (Lipinski definition) is 3. The van der Waals surface area contributed by atoms with Crippen molar-refractivity contribution in [2.75, 3.05) is 17.2 Å². The van der Waals surface area contributed by atoms with Crippen LogP contribution in [0.3, 0.4) is 0 Å². The van der Waals surface area contributed by atoms with Crippen LogP contribution in [0.5, 0.6) is 0 Å². The Morgan fingerprint density at radius 1 is 1.18 bits per heavy atom. The van der Waals surface area contributed by atoms with Gasteiger partial charge in [-0.15, -0.1) is 5.10 Å². The van der Waals surface area contributed by atoms with E-state index in [9.17, 15) is 4.79 Å². The molecule has 2 aliphatic rings. The first kappa shape index (κ1) is 16.9. The van der Waals surface area contributed by atoms with Crippen LogP contribution in [0.25, 0.3) is 0 Å². The Labute approximate surface area is 163 Å². The highest BCUT2D eigenvalue weighted by Gasteiger charge is 2.50. The number of aromatic nitrogens is 3. The minimum Gasteiger partial charge on any atom is -0.369 e. The monoisotopic (exact) mass is 374 g/mol. The van der Waals surface area contributed by atoms with E-state index in [-0.39, 0.29) is 24.0 Å². The van der Waals surface area contributed by atoms with Gasteiger partial charge in [-0.25, -0.2) is 4.68 Å². The summed E-state index contributed by atoms with van der Waals surface area (Å²) >= 11 is 0. The van der Waals surface area contributed by atoms with Crippen LogP contribution in [-0.2, 0) is 23.2 Å². The number of para-hydroxylation sites is 2. The van der Waals surface area contributed by atoms with E-state index >= 15 is 0 Å². The molecule has 28 heavy (non-hydrogen) atoms. The number of fused-ring (bicyclic) bond motifs is 3. The van der Waals surface area contributed by atoms with E-state index < -0.39 is 0 Å². The molecule has 1 amide bonds. The first-order valence-corrected chi connectivity index (χ1v) is 9.56. The van der Waals surface area contributed by atoms with E-state index in [4.69, 9.17) is 0 Å². The predicted molar refractivity (Wildman–Crippen MR) is 107 cm³/mol. The number of nitrogens with one attached hydrogen (secondary N) is 3. The van der Waals surface area contributed by atoms with Crippen LogP contribution in [0.15, 0.2) is 60.8 Å². The highest BCUT2D eigenvalue weighted by molar-refractivity contribution is 5.90. The molecule has 142 valence electrons. The number of nitrogens with zero attached hydrogens (tertiary/aromatic N) is 3. The number of carbonyl (C=O) groups excluding carboxylic acids is 1. The number of benzene rings is 2. The second-order valence-electron chi connectivity index (χ2n) is 7.48. The molecule has 1 fully saturated rings. The molecule has 0 spiro atoms. The van der Waals surface area contributed by atoms with Crippen LogP contribution < -0.4 is 16.0 Å². The summed E-state index contributed by atoms with van der Waals surface area (Å²) in [6.45, 7) is 1.12. The van der Waals surface area contributed by atoms with Gasteiger partial charge in [0.1, 0.15) is 6.54 Å². The van der Waals surface area contributed by atoms with E-state index in [0.29, 0.717) is 0 Å². The Morgan fingerprint density at radius 2 is 2.00 bits per heavy atom. The fourth-order valence-corrected chi connectivity index (χ4v) is 4.43. The normalized spacial score (nSPS) is 22.4. The average Bonchev–Trinajstić information content (AvgIpc) is 3.37. The number of amides is 1. The Bertz CT molecular complexity index is 1000. The molecule has 2 aromatic carbocycles. The SMILES string of the molecule is O=C(Cn1cc(C[C@@]23CCN[C@@H]2Nc2ccccc23)nn1)Nc1ccccc1. The van der Waals surface area contributed by atoms with Gasteiger partial charge < -0.3 is 10.6 Å². The molecule has 3 aromatic rings. The Hall–Kier alpha value is -3.19. The summed E-state index contributed by atoms with van der Waals surface area (Å²) in [6.07, 6.45) is 3.92. The van der Waals surface area contributed by atoms with Crippen molar-refractivity contribution >= 4 is 17.3 Å². The van der Waals surface area contributed by atoms with Crippen molar-refractivity contribution < 1.29 is 4.79 Å². The van der Waals surface area contributed by atoms with E-state index in [1.807, 2.05) is 36.5 Å². The van der Waals surface area contributed by atoms with Crippen LogP contribution in [0, 0.1) is 0 Å². The first-order chi connectivity index (χ1) is 13.7. The summed E-state index contributed by atoms with van der Waals surface area (Å²) in [5.74, 6) is -0.117. The van der Waals surface area contributed by atoms with Crippen LogP contribution in [-0.4, -0.2) is 33.6 Å². The van der Waals surface area contributed by atoms with Crippen LogP contribution >= 0.6 is 0 Å². The molecule has 7 nitrogen and oxygen atoms in total. The summed E-state index contributed by atoms with van der Waals surface area (Å²) < 4.78 is 1.61. The van der Waals surface area contributed by atoms with Gasteiger partial charge in [0.05, 0.1) is 11.9 Å². The van der Waals surface area contributed by atoms with Crippen LogP contribution in [0.4, 0.5) is 11.4 Å². The van der Waals surface area contributed by atoms with Gasteiger partial charge in [-0.1, -0.05) is 41.6 Å². The molecule has 3 N–H and O–H groups in total. The number of anilines is 2. The molecule has 0 unspecified atom stereocenters. The lowest BCUT2D eigenvalue weighted by atomic mass is 9.76. The van der Waals surface area contributed by atoms with Crippen molar-refractivity contribution in [1.82, 2.24) is 20.3 Å². The summed E-state index contributed by atoms with van der Waals surface area (Å²) in [6, 6.07) is 17.9. The van der Waals surface area contributed by atoms with Gasteiger partial charge in [0.15, 0.2) is 0 Å². The van der Waals surface area contributed by atoms with Gasteiger partial charge in [0.2, 0.25) is 5.91 Å². The van der Waals surface area contributed by atoms with Gasteiger partial charge in [0.25, 0.3) is 0 Å². The molecule has 1 aromatic heterocycles. The van der Waals surface area contributed by atoms with E-state index in [0.717, 1.165) is 30.8 Å². The highest BCUT2D eigenvalue weighted by atomic mass is 16.2. The van der Waals surface area contributed by atoms with Crippen molar-refractivity contribution in [1.29, 1.82) is 0 Å². The molecular formula is C21H22N6O. The summed E-state index contributed by atoms with van der Waals surface area (Å²) in [7, 11) is 0. The average molecular weight is 374 g/mol. The maximum absolute atomic E-state index is 12.3. The number of hydrogen-bond acceptors (Lipinski definition) is 5. The zero-order valence-electron chi connectivity index (χ0n) is 15.4. The topological polar surface area (TPSA) is 83.9 Å². The molecule has 5 rings (SSSR count). The molecule has 7 heteroatoms. The van der Waals surface area contributed by atoms with Crippen molar-refractivity contribution in [3.05, 3.63) is 72.1 Å². The highest BCUT2D eigenvalue weighted by Crippen LogP contribution is 2.46. The van der Waals surface area contributed by atoms with E-state index in [1.165, 1.54) is 11.3 Å². The maximum Gasteiger partial charge on any atom is 0.246 e. The summed E-state index contributed by atoms with van der Waals surface area (Å²) in [5.41, 5.74) is 4.18. The third-order valence-corrected chi connectivity index (χ3v) is 5.68. The van der Waals surface area contributed by atoms with E-state index in [2.05, 4.69) is 50.5 Å². The molecule has 0 aliphatic carbocycles. The lowest BCUT2D eigenvalue weighted by Gasteiger charge is -2.28. The van der Waals surface area contributed by atoms with Gasteiger partial charge in [-0.3, -0.25) is 10.1 Å². The minimum absolute atomic E-state index is 0.0241. The Morgan fingerprint density at radius 3 is 2.89 bits per heavy atom. The molecule has 3 heterocycles.